The topological polar surface area (TPSA) is 21.3 Å². The molecule has 1 atom stereocenters. The van der Waals surface area contributed by atoms with Crippen molar-refractivity contribution in [1.29, 1.82) is 0 Å². The maximum atomic E-state index is 6.23. The van der Waals surface area contributed by atoms with E-state index in [-0.39, 0.29) is 0 Å². The summed E-state index contributed by atoms with van der Waals surface area (Å²) in [6.07, 6.45) is 9.32. The predicted octanol–water partition coefficient (Wildman–Crippen LogP) is 5.38. The molecule has 3 rings (SSSR count). The van der Waals surface area contributed by atoms with Gasteiger partial charge in [0.2, 0.25) is 0 Å². The van der Waals surface area contributed by atoms with Gasteiger partial charge in [0.15, 0.2) is 0 Å². The number of rotatable bonds is 4. The van der Waals surface area contributed by atoms with Crippen LogP contribution in [0.25, 0.3) is 0 Å². The smallest absolute Gasteiger partial charge is 0.142 e. The van der Waals surface area contributed by atoms with Crippen molar-refractivity contribution in [2.24, 2.45) is 5.92 Å². The summed E-state index contributed by atoms with van der Waals surface area (Å²) in [6, 6.07) is 4.06. The molecular formula is C17H23Cl2NO. The number of benzene rings is 1. The molecule has 4 heteroatoms. The van der Waals surface area contributed by atoms with Gasteiger partial charge in [-0.25, -0.2) is 0 Å². The number of hydrogen-bond donors (Lipinski definition) is 1. The first-order chi connectivity index (χ1) is 10.2. The third kappa shape index (κ3) is 3.85. The highest BCUT2D eigenvalue weighted by Crippen LogP contribution is 2.40. The van der Waals surface area contributed by atoms with Gasteiger partial charge in [-0.3, -0.25) is 0 Å². The van der Waals surface area contributed by atoms with Gasteiger partial charge in [-0.15, -0.1) is 0 Å². The molecule has 1 N–H and O–H groups in total. The first-order valence-corrected chi connectivity index (χ1v) is 8.85. The first kappa shape index (κ1) is 15.5. The normalized spacial score (nSPS) is 22.7. The van der Waals surface area contributed by atoms with Crippen LogP contribution in [-0.2, 0) is 0 Å². The van der Waals surface area contributed by atoms with Crippen LogP contribution in [0.15, 0.2) is 12.1 Å². The van der Waals surface area contributed by atoms with Crippen LogP contribution in [0.3, 0.4) is 0 Å². The van der Waals surface area contributed by atoms with Crippen molar-refractivity contribution in [2.75, 3.05) is 13.2 Å². The minimum absolute atomic E-state index is 0.313. The molecule has 1 heterocycles. The van der Waals surface area contributed by atoms with E-state index < -0.39 is 0 Å². The van der Waals surface area contributed by atoms with Crippen LogP contribution in [-0.4, -0.2) is 13.2 Å². The largest absolute Gasteiger partial charge is 0.492 e. The molecule has 2 aliphatic rings. The lowest BCUT2D eigenvalue weighted by atomic mass is 9.87. The van der Waals surface area contributed by atoms with E-state index in [2.05, 4.69) is 5.32 Å². The monoisotopic (exact) mass is 327 g/mol. The minimum Gasteiger partial charge on any atom is -0.492 e. The number of hydrogen-bond acceptors (Lipinski definition) is 2. The lowest BCUT2D eigenvalue weighted by Gasteiger charge is -2.29. The maximum absolute atomic E-state index is 6.23. The number of halogens is 2. The highest BCUT2D eigenvalue weighted by atomic mass is 35.5. The van der Waals surface area contributed by atoms with Gasteiger partial charge < -0.3 is 10.1 Å². The van der Waals surface area contributed by atoms with Crippen LogP contribution >= 0.6 is 23.2 Å². The molecule has 1 fully saturated rings. The second kappa shape index (κ2) is 7.21. The second-order valence-electron chi connectivity index (χ2n) is 6.24. The number of nitrogens with one attached hydrogen (secondary N) is 1. The summed E-state index contributed by atoms with van der Waals surface area (Å²) in [5.74, 6) is 1.72. The Balaban J connectivity index is 1.60. The predicted molar refractivity (Wildman–Crippen MR) is 88.5 cm³/mol. The van der Waals surface area contributed by atoms with E-state index in [4.69, 9.17) is 27.9 Å². The van der Waals surface area contributed by atoms with Gasteiger partial charge in [0, 0.05) is 23.0 Å². The van der Waals surface area contributed by atoms with Gasteiger partial charge in [-0.1, -0.05) is 55.3 Å². The van der Waals surface area contributed by atoms with E-state index in [0.717, 1.165) is 36.8 Å². The van der Waals surface area contributed by atoms with Crippen LogP contribution in [0, 0.1) is 5.92 Å². The zero-order valence-corrected chi connectivity index (χ0v) is 13.8. The Morgan fingerprint density at radius 3 is 2.71 bits per heavy atom. The van der Waals surface area contributed by atoms with Crippen LogP contribution in [0.4, 0.5) is 0 Å². The molecule has 0 radical (unpaired) electrons. The molecule has 0 aromatic heterocycles. The Hall–Kier alpha value is -0.440. The van der Waals surface area contributed by atoms with Crippen LogP contribution in [0.5, 0.6) is 5.75 Å². The summed E-state index contributed by atoms with van der Waals surface area (Å²) >= 11 is 12.4. The molecule has 1 saturated carbocycles. The van der Waals surface area contributed by atoms with Crippen molar-refractivity contribution in [3.8, 4) is 5.75 Å². The summed E-state index contributed by atoms with van der Waals surface area (Å²) in [5, 5.41) is 4.99. The van der Waals surface area contributed by atoms with Crippen molar-refractivity contribution in [2.45, 2.75) is 51.0 Å². The standard InChI is InChI=1S/C17H23Cl2NO/c18-13-10-14-16(7-9-21-17(14)15(19)11-13)20-8-6-12-4-2-1-3-5-12/h10-12,16,20H,1-9H2. The Morgan fingerprint density at radius 2 is 1.90 bits per heavy atom. The average molecular weight is 328 g/mol. The molecule has 0 amide bonds. The third-order valence-electron chi connectivity index (χ3n) is 4.73. The molecule has 1 aromatic carbocycles. The minimum atomic E-state index is 0.313. The van der Waals surface area contributed by atoms with Crippen LogP contribution < -0.4 is 10.1 Å². The van der Waals surface area contributed by atoms with Gasteiger partial charge in [0.1, 0.15) is 5.75 Å². The van der Waals surface area contributed by atoms with E-state index in [1.54, 1.807) is 6.07 Å². The highest BCUT2D eigenvalue weighted by Gasteiger charge is 2.24. The summed E-state index contributed by atoms with van der Waals surface area (Å²) in [5.41, 5.74) is 1.11. The van der Waals surface area contributed by atoms with Crippen molar-refractivity contribution >= 4 is 23.2 Å². The fraction of sp³-hybridized carbons (Fsp3) is 0.647. The van der Waals surface area contributed by atoms with Gasteiger partial charge in [0.25, 0.3) is 0 Å². The molecule has 0 spiro atoms. The second-order valence-corrected chi connectivity index (χ2v) is 7.09. The Bertz CT molecular complexity index is 486. The maximum Gasteiger partial charge on any atom is 0.142 e. The van der Waals surface area contributed by atoms with Gasteiger partial charge in [-0.05, 0) is 31.0 Å². The van der Waals surface area contributed by atoms with Crippen molar-refractivity contribution in [3.63, 3.8) is 0 Å². The lowest BCUT2D eigenvalue weighted by molar-refractivity contribution is 0.248. The summed E-state index contributed by atoms with van der Waals surface area (Å²) in [7, 11) is 0. The van der Waals surface area contributed by atoms with E-state index in [1.165, 1.54) is 38.5 Å². The fourth-order valence-corrected chi connectivity index (χ4v) is 4.14. The van der Waals surface area contributed by atoms with Crippen LogP contribution in [0.2, 0.25) is 10.0 Å². The average Bonchev–Trinajstić information content (AvgIpc) is 2.49. The van der Waals surface area contributed by atoms with Gasteiger partial charge >= 0.3 is 0 Å². The molecule has 0 bridgehead atoms. The van der Waals surface area contributed by atoms with E-state index in [1.807, 2.05) is 6.07 Å². The quantitative estimate of drug-likeness (QED) is 0.801. The molecule has 0 saturated heterocycles. The van der Waals surface area contributed by atoms with E-state index >= 15 is 0 Å². The van der Waals surface area contributed by atoms with E-state index in [9.17, 15) is 0 Å². The zero-order valence-electron chi connectivity index (χ0n) is 12.3. The van der Waals surface area contributed by atoms with Gasteiger partial charge in [0.05, 0.1) is 11.6 Å². The number of ether oxygens (including phenoxy) is 1. The Labute approximate surface area is 137 Å². The van der Waals surface area contributed by atoms with Crippen molar-refractivity contribution in [1.82, 2.24) is 5.32 Å². The Kier molecular flexibility index (Phi) is 5.31. The van der Waals surface area contributed by atoms with Crippen LogP contribution in [0.1, 0.15) is 56.6 Å². The molecule has 116 valence electrons. The van der Waals surface area contributed by atoms with E-state index in [0.29, 0.717) is 16.1 Å². The third-order valence-corrected chi connectivity index (χ3v) is 5.23. The Morgan fingerprint density at radius 1 is 1.10 bits per heavy atom. The molecule has 1 aliphatic heterocycles. The zero-order chi connectivity index (χ0) is 14.7. The molecule has 1 aliphatic carbocycles. The summed E-state index contributed by atoms with van der Waals surface area (Å²) in [6.45, 7) is 1.79. The van der Waals surface area contributed by atoms with Crippen molar-refractivity contribution < 1.29 is 4.74 Å². The number of fused-ring (bicyclic) bond motifs is 1. The molecule has 21 heavy (non-hydrogen) atoms. The molecule has 1 unspecified atom stereocenters. The molecule has 1 aromatic rings. The SMILES string of the molecule is Clc1cc(Cl)c2c(c1)C(NCCC1CCCCC1)CCO2. The molecule has 2 nitrogen and oxygen atoms in total. The summed E-state index contributed by atoms with van der Waals surface area (Å²) in [4.78, 5) is 0. The molecular weight excluding hydrogens is 305 g/mol. The highest BCUT2D eigenvalue weighted by molar-refractivity contribution is 6.35. The fourth-order valence-electron chi connectivity index (χ4n) is 3.58. The van der Waals surface area contributed by atoms with Gasteiger partial charge in [-0.2, -0.15) is 0 Å². The summed E-state index contributed by atoms with van der Waals surface area (Å²) < 4.78 is 5.71. The first-order valence-electron chi connectivity index (χ1n) is 8.09. The van der Waals surface area contributed by atoms with Crippen molar-refractivity contribution in [3.05, 3.63) is 27.7 Å². The lowest BCUT2D eigenvalue weighted by Crippen LogP contribution is -2.29.